The first-order valence-electron chi connectivity index (χ1n) is 4.29. The van der Waals surface area contributed by atoms with Crippen molar-refractivity contribution in [1.82, 2.24) is 0 Å². The van der Waals surface area contributed by atoms with Gasteiger partial charge in [0.2, 0.25) is 0 Å². The quantitative estimate of drug-likeness (QED) is 0.870. The van der Waals surface area contributed by atoms with Crippen LogP contribution >= 0.6 is 15.9 Å². The number of hydrogen-bond acceptors (Lipinski definition) is 2. The average molecular weight is 276 g/mol. The van der Waals surface area contributed by atoms with Crippen molar-refractivity contribution in [3.8, 4) is 0 Å². The van der Waals surface area contributed by atoms with E-state index in [0.717, 1.165) is 0 Å². The van der Waals surface area contributed by atoms with Crippen LogP contribution in [0.5, 0.6) is 0 Å². The third-order valence-corrected chi connectivity index (χ3v) is 2.39. The lowest BCUT2D eigenvalue weighted by Crippen LogP contribution is -2.36. The Hall–Kier alpha value is -0.940. The smallest absolute Gasteiger partial charge is 0.255 e. The van der Waals surface area contributed by atoms with Crippen LogP contribution < -0.4 is 5.32 Å². The second-order valence-corrected chi connectivity index (χ2v) is 4.49. The maximum absolute atomic E-state index is 12.7. The number of hydrogen-bond donors (Lipinski definition) is 2. The summed E-state index contributed by atoms with van der Waals surface area (Å²) in [6, 6.07) is 3.88. The topological polar surface area (TPSA) is 49.3 Å². The van der Waals surface area contributed by atoms with Gasteiger partial charge in [0.05, 0.1) is 5.69 Å². The predicted molar refractivity (Wildman–Crippen MR) is 59.0 cm³/mol. The standard InChI is InChI=1S/C10H11BrFNO2/c1-10(2,15)9(14)13-8-4-3-6(12)5-7(8)11/h3-5,15H,1-2H3,(H,13,14). The highest BCUT2D eigenvalue weighted by Gasteiger charge is 2.24. The van der Waals surface area contributed by atoms with Crippen LogP contribution in [0.2, 0.25) is 0 Å². The van der Waals surface area contributed by atoms with E-state index in [1.807, 2.05) is 0 Å². The Morgan fingerprint density at radius 1 is 1.53 bits per heavy atom. The molecule has 0 bridgehead atoms. The van der Waals surface area contributed by atoms with E-state index in [-0.39, 0.29) is 0 Å². The van der Waals surface area contributed by atoms with E-state index in [4.69, 9.17) is 0 Å². The summed E-state index contributed by atoms with van der Waals surface area (Å²) in [5.74, 6) is -0.946. The zero-order valence-electron chi connectivity index (χ0n) is 8.34. The number of nitrogens with one attached hydrogen (secondary N) is 1. The van der Waals surface area contributed by atoms with E-state index in [2.05, 4.69) is 21.2 Å². The van der Waals surface area contributed by atoms with Crippen LogP contribution in [0, 0.1) is 5.82 Å². The van der Waals surface area contributed by atoms with Gasteiger partial charge in [0.15, 0.2) is 0 Å². The Bertz CT molecular complexity index is 387. The van der Waals surface area contributed by atoms with Gasteiger partial charge in [-0.25, -0.2) is 4.39 Å². The molecule has 0 aliphatic carbocycles. The lowest BCUT2D eigenvalue weighted by atomic mass is 10.1. The minimum absolute atomic E-state index is 0.400. The molecule has 2 N–H and O–H groups in total. The van der Waals surface area contributed by atoms with Crippen LogP contribution in [-0.4, -0.2) is 16.6 Å². The van der Waals surface area contributed by atoms with Crippen molar-refractivity contribution < 1.29 is 14.3 Å². The maximum atomic E-state index is 12.7. The zero-order chi connectivity index (χ0) is 11.6. The molecule has 0 aromatic heterocycles. The Labute approximate surface area is 95.4 Å². The van der Waals surface area contributed by atoms with Crippen molar-refractivity contribution in [1.29, 1.82) is 0 Å². The fourth-order valence-corrected chi connectivity index (χ4v) is 1.32. The molecule has 0 fully saturated rings. The first-order chi connectivity index (χ1) is 6.80. The minimum Gasteiger partial charge on any atom is -0.381 e. The van der Waals surface area contributed by atoms with Crippen molar-refractivity contribution in [2.45, 2.75) is 19.4 Å². The number of benzene rings is 1. The molecule has 0 saturated heterocycles. The summed E-state index contributed by atoms with van der Waals surface area (Å²) in [5.41, 5.74) is -1.04. The van der Waals surface area contributed by atoms with Gasteiger partial charge >= 0.3 is 0 Å². The summed E-state index contributed by atoms with van der Waals surface area (Å²) in [4.78, 5) is 11.4. The van der Waals surface area contributed by atoms with Gasteiger partial charge < -0.3 is 10.4 Å². The number of rotatable bonds is 2. The van der Waals surface area contributed by atoms with Gasteiger partial charge in [0.25, 0.3) is 5.91 Å². The molecule has 0 atom stereocenters. The van der Waals surface area contributed by atoms with E-state index in [9.17, 15) is 14.3 Å². The molecule has 1 rings (SSSR count). The maximum Gasteiger partial charge on any atom is 0.255 e. The Kier molecular flexibility index (Phi) is 3.46. The summed E-state index contributed by atoms with van der Waals surface area (Å²) in [6.45, 7) is 2.75. The Balaban J connectivity index is 2.87. The second kappa shape index (κ2) is 4.28. The molecule has 1 aromatic carbocycles. The summed E-state index contributed by atoms with van der Waals surface area (Å²) >= 11 is 3.11. The van der Waals surface area contributed by atoms with Crippen molar-refractivity contribution in [2.75, 3.05) is 5.32 Å². The molecule has 0 unspecified atom stereocenters. The van der Waals surface area contributed by atoms with Gasteiger partial charge in [-0.2, -0.15) is 0 Å². The van der Waals surface area contributed by atoms with Crippen LogP contribution in [0.1, 0.15) is 13.8 Å². The average Bonchev–Trinajstić information content (AvgIpc) is 2.08. The van der Waals surface area contributed by atoms with Gasteiger partial charge in [-0.05, 0) is 48.0 Å². The van der Waals surface area contributed by atoms with Gasteiger partial charge in [-0.15, -0.1) is 0 Å². The lowest BCUT2D eigenvalue weighted by molar-refractivity contribution is -0.130. The molecule has 0 aliphatic rings. The first-order valence-corrected chi connectivity index (χ1v) is 5.09. The molecule has 15 heavy (non-hydrogen) atoms. The fraction of sp³-hybridized carbons (Fsp3) is 0.300. The summed E-state index contributed by atoms with van der Waals surface area (Å²) < 4.78 is 13.2. The van der Waals surface area contributed by atoms with Crippen LogP contribution in [0.25, 0.3) is 0 Å². The van der Waals surface area contributed by atoms with Crippen LogP contribution in [0.4, 0.5) is 10.1 Å². The van der Waals surface area contributed by atoms with Crippen LogP contribution in [0.3, 0.4) is 0 Å². The molecule has 0 heterocycles. The molecule has 0 radical (unpaired) electrons. The fourth-order valence-electron chi connectivity index (χ4n) is 0.866. The van der Waals surface area contributed by atoms with Crippen molar-refractivity contribution in [2.24, 2.45) is 0 Å². The van der Waals surface area contributed by atoms with Gasteiger partial charge in [0.1, 0.15) is 11.4 Å². The number of amides is 1. The van der Waals surface area contributed by atoms with Gasteiger partial charge in [0, 0.05) is 4.47 Å². The SMILES string of the molecule is CC(C)(O)C(=O)Nc1ccc(F)cc1Br. The molecule has 82 valence electrons. The molecule has 5 heteroatoms. The van der Waals surface area contributed by atoms with E-state index in [0.29, 0.717) is 10.2 Å². The number of carbonyl (C=O) groups excluding carboxylic acids is 1. The van der Waals surface area contributed by atoms with E-state index < -0.39 is 17.3 Å². The molecule has 1 amide bonds. The van der Waals surface area contributed by atoms with E-state index >= 15 is 0 Å². The van der Waals surface area contributed by atoms with Crippen molar-refractivity contribution >= 4 is 27.5 Å². The highest BCUT2D eigenvalue weighted by atomic mass is 79.9. The zero-order valence-corrected chi connectivity index (χ0v) is 9.93. The number of halogens is 2. The Morgan fingerprint density at radius 3 is 2.60 bits per heavy atom. The summed E-state index contributed by atoms with van der Waals surface area (Å²) in [5, 5.41) is 11.9. The molecular formula is C10H11BrFNO2. The predicted octanol–water partition coefficient (Wildman–Crippen LogP) is 2.30. The van der Waals surface area contributed by atoms with Crippen LogP contribution in [-0.2, 0) is 4.79 Å². The second-order valence-electron chi connectivity index (χ2n) is 3.64. The van der Waals surface area contributed by atoms with Crippen LogP contribution in [0.15, 0.2) is 22.7 Å². The Morgan fingerprint density at radius 2 is 2.13 bits per heavy atom. The minimum atomic E-state index is -1.46. The van der Waals surface area contributed by atoms with Gasteiger partial charge in [-0.3, -0.25) is 4.79 Å². The summed E-state index contributed by atoms with van der Waals surface area (Å²) in [6.07, 6.45) is 0. The van der Waals surface area contributed by atoms with Gasteiger partial charge in [-0.1, -0.05) is 0 Å². The van der Waals surface area contributed by atoms with E-state index in [1.54, 1.807) is 0 Å². The molecule has 0 aliphatic heterocycles. The van der Waals surface area contributed by atoms with E-state index in [1.165, 1.54) is 32.0 Å². The normalized spacial score (nSPS) is 11.3. The molecule has 1 aromatic rings. The first kappa shape index (κ1) is 12.1. The number of aliphatic hydroxyl groups is 1. The molecule has 0 saturated carbocycles. The number of anilines is 1. The summed E-state index contributed by atoms with van der Waals surface area (Å²) in [7, 11) is 0. The molecule has 0 spiro atoms. The monoisotopic (exact) mass is 275 g/mol. The van der Waals surface area contributed by atoms with Crippen molar-refractivity contribution in [3.05, 3.63) is 28.5 Å². The third kappa shape index (κ3) is 3.28. The molecular weight excluding hydrogens is 265 g/mol. The number of carbonyl (C=O) groups is 1. The lowest BCUT2D eigenvalue weighted by Gasteiger charge is -2.17. The third-order valence-electron chi connectivity index (χ3n) is 1.74. The molecule has 3 nitrogen and oxygen atoms in total. The highest BCUT2D eigenvalue weighted by molar-refractivity contribution is 9.10. The largest absolute Gasteiger partial charge is 0.381 e. The van der Waals surface area contributed by atoms with Crippen molar-refractivity contribution in [3.63, 3.8) is 0 Å². The highest BCUT2D eigenvalue weighted by Crippen LogP contribution is 2.23.